The van der Waals surface area contributed by atoms with Gasteiger partial charge in [0.1, 0.15) is 18.6 Å². The highest BCUT2D eigenvalue weighted by molar-refractivity contribution is 7.99. The number of thioether (sulfide) groups is 1. The van der Waals surface area contributed by atoms with E-state index in [1.807, 2.05) is 36.4 Å². The van der Waals surface area contributed by atoms with E-state index in [0.29, 0.717) is 24.5 Å². The lowest BCUT2D eigenvalue weighted by Gasteiger charge is -2.51. The molecule has 0 saturated carbocycles. The van der Waals surface area contributed by atoms with Crippen LogP contribution in [0.4, 0.5) is 4.39 Å². The van der Waals surface area contributed by atoms with Crippen LogP contribution in [0.25, 0.3) is 10.1 Å². The lowest BCUT2D eigenvalue weighted by molar-refractivity contribution is -0.0199. The zero-order chi connectivity index (χ0) is 29.1. The molecule has 1 saturated heterocycles. The average Bonchev–Trinajstić information content (AvgIpc) is 3.45. The fourth-order valence-corrected chi connectivity index (χ4v) is 8.71. The van der Waals surface area contributed by atoms with E-state index in [1.54, 1.807) is 44.9 Å². The molecule has 0 unspecified atom stereocenters. The van der Waals surface area contributed by atoms with Crippen LogP contribution in [0.5, 0.6) is 5.75 Å². The van der Waals surface area contributed by atoms with Crippen LogP contribution in [0, 0.1) is 5.82 Å². The van der Waals surface area contributed by atoms with Crippen molar-refractivity contribution in [2.75, 3.05) is 24.8 Å². The molecule has 43 heavy (non-hydrogen) atoms. The van der Waals surface area contributed by atoms with Crippen molar-refractivity contribution in [3.8, 4) is 5.75 Å². The Morgan fingerprint density at radius 2 is 1.86 bits per heavy atom. The highest BCUT2D eigenvalue weighted by atomic mass is 32.2. The normalized spacial score (nSPS) is 19.3. The van der Waals surface area contributed by atoms with Gasteiger partial charge in [-0.1, -0.05) is 54.6 Å². The van der Waals surface area contributed by atoms with Gasteiger partial charge in [0.15, 0.2) is 11.4 Å². The molecule has 10 heteroatoms. The van der Waals surface area contributed by atoms with Gasteiger partial charge in [0, 0.05) is 39.7 Å². The molecule has 3 aromatic carbocycles. The van der Waals surface area contributed by atoms with Crippen LogP contribution in [-0.2, 0) is 17.1 Å². The van der Waals surface area contributed by atoms with E-state index >= 15 is 4.39 Å². The number of carbonyl (C=O) groups excluding carboxylic acids is 1. The van der Waals surface area contributed by atoms with E-state index < -0.39 is 12.2 Å². The van der Waals surface area contributed by atoms with E-state index in [2.05, 4.69) is 28.6 Å². The highest BCUT2D eigenvalue weighted by Crippen LogP contribution is 2.48. The minimum atomic E-state index is -0.491. The topological polar surface area (TPSA) is 64.0 Å². The van der Waals surface area contributed by atoms with Crippen molar-refractivity contribution in [2.45, 2.75) is 29.5 Å². The molecule has 8 rings (SSSR count). The number of fused-ring (bicyclic) bond motifs is 6. The van der Waals surface area contributed by atoms with Crippen molar-refractivity contribution in [3.05, 3.63) is 128 Å². The first kappa shape index (κ1) is 26.5. The van der Waals surface area contributed by atoms with E-state index in [9.17, 15) is 9.59 Å². The maximum absolute atomic E-state index is 15.6. The number of nitrogens with zero attached hydrogens (tertiary/aromatic N) is 3. The van der Waals surface area contributed by atoms with Gasteiger partial charge in [-0.05, 0) is 39.6 Å². The number of pyridine rings is 1. The number of halogens is 1. The fraction of sp³-hybridized carbons (Fsp3) is 0.212. The van der Waals surface area contributed by atoms with E-state index in [-0.39, 0.29) is 41.8 Å². The number of amides is 1. The van der Waals surface area contributed by atoms with Crippen LogP contribution < -0.4 is 15.2 Å². The second-order valence-corrected chi connectivity index (χ2v) is 12.6. The maximum Gasteiger partial charge on any atom is 0.278 e. The number of thiophene rings is 1. The molecule has 5 aromatic rings. The Bertz CT molecular complexity index is 1940. The molecule has 3 aliphatic heterocycles. The van der Waals surface area contributed by atoms with Gasteiger partial charge >= 0.3 is 0 Å². The number of aromatic nitrogens is 1. The summed E-state index contributed by atoms with van der Waals surface area (Å²) >= 11 is 3.31. The molecular weight excluding hydrogens is 586 g/mol. The minimum Gasteiger partial charge on any atom is -0.482 e. The molecule has 0 bridgehead atoms. The van der Waals surface area contributed by atoms with Crippen LogP contribution in [0.1, 0.15) is 38.8 Å². The summed E-state index contributed by atoms with van der Waals surface area (Å²) in [5, 5.41) is 5.29. The van der Waals surface area contributed by atoms with Crippen molar-refractivity contribution < 1.29 is 18.7 Å². The summed E-state index contributed by atoms with van der Waals surface area (Å²) in [5.41, 5.74) is 3.13. The van der Waals surface area contributed by atoms with Crippen LogP contribution >= 0.6 is 23.1 Å². The quantitative estimate of drug-likeness (QED) is 0.251. The molecule has 0 N–H and O–H groups in total. The van der Waals surface area contributed by atoms with E-state index in [1.165, 1.54) is 12.1 Å². The molecule has 1 fully saturated rings. The Morgan fingerprint density at radius 3 is 2.74 bits per heavy atom. The molecule has 1 amide bonds. The molecule has 5 heterocycles. The molecule has 0 spiro atoms. The smallest absolute Gasteiger partial charge is 0.278 e. The number of hydrogen-bond donors (Lipinski definition) is 0. The molecule has 0 radical (unpaired) electrons. The van der Waals surface area contributed by atoms with E-state index in [4.69, 9.17) is 9.47 Å². The highest BCUT2D eigenvalue weighted by Gasteiger charge is 2.46. The van der Waals surface area contributed by atoms with Gasteiger partial charge in [0.25, 0.3) is 5.91 Å². The summed E-state index contributed by atoms with van der Waals surface area (Å²) in [6, 6.07) is 22.0. The molecule has 7 nitrogen and oxygen atoms in total. The summed E-state index contributed by atoms with van der Waals surface area (Å²) in [6.45, 7) is 1.14. The summed E-state index contributed by atoms with van der Waals surface area (Å²) in [4.78, 5) is 30.3. The monoisotopic (exact) mass is 611 g/mol. The third-order valence-corrected chi connectivity index (χ3v) is 10.6. The predicted octanol–water partition coefficient (Wildman–Crippen LogP) is 5.93. The molecular formula is C33H26FN3O4S2. The third kappa shape index (κ3) is 4.27. The molecule has 0 aliphatic carbocycles. The van der Waals surface area contributed by atoms with Gasteiger partial charge in [-0.15, -0.1) is 23.1 Å². The number of benzene rings is 3. The Labute approximate surface area is 255 Å². The van der Waals surface area contributed by atoms with Crippen LogP contribution in [0.3, 0.4) is 0 Å². The number of rotatable bonds is 4. The third-order valence-electron chi connectivity index (χ3n) is 8.36. The number of ether oxygens (including phenoxy) is 2. The second-order valence-electron chi connectivity index (χ2n) is 10.7. The van der Waals surface area contributed by atoms with Gasteiger partial charge in [-0.25, -0.2) is 4.39 Å². The lowest BCUT2D eigenvalue weighted by Crippen LogP contribution is -2.66. The summed E-state index contributed by atoms with van der Waals surface area (Å²) in [6.07, 6.45) is 1.14. The standard InChI is InChI=1S/C33H26FN3O4S2/c34-25-8-4-7-22-24(25)19-43-32-23(10-9-21-12-16-42-31(21)32)28(22)37-27-18-40-15-14-35(27)33(39)29-30(26(38)11-13-36(29)37)41-17-20-5-2-1-3-6-20/h1-13,16,27-28H,14-15,17-19H2/t27-,28+/m1/s1. The van der Waals surface area contributed by atoms with Gasteiger partial charge < -0.3 is 14.4 Å². The molecule has 216 valence electrons. The number of carbonyl (C=O) groups is 1. The zero-order valence-electron chi connectivity index (χ0n) is 22.9. The van der Waals surface area contributed by atoms with Gasteiger partial charge in [-0.3, -0.25) is 19.3 Å². The number of morpholine rings is 1. The summed E-state index contributed by atoms with van der Waals surface area (Å²) in [7, 11) is 0. The Kier molecular flexibility index (Phi) is 6.50. The lowest BCUT2D eigenvalue weighted by atomic mass is 9.93. The Balaban J connectivity index is 1.37. The Morgan fingerprint density at radius 1 is 0.977 bits per heavy atom. The first-order valence-corrected chi connectivity index (χ1v) is 16.0. The van der Waals surface area contributed by atoms with Crippen molar-refractivity contribution in [3.63, 3.8) is 0 Å². The SMILES string of the molecule is O=C1c2c(OCc3ccccc3)c(=O)ccn2N([C@H]2c3cccc(F)c3CSc3c2ccc2ccsc32)[C@@H]2COCCN12. The van der Waals surface area contributed by atoms with Crippen LogP contribution in [0.15, 0.2) is 94.1 Å². The maximum atomic E-state index is 15.6. The molecule has 3 aliphatic rings. The largest absolute Gasteiger partial charge is 0.482 e. The van der Waals surface area contributed by atoms with E-state index in [0.717, 1.165) is 31.7 Å². The van der Waals surface area contributed by atoms with Crippen molar-refractivity contribution in [1.29, 1.82) is 0 Å². The number of hydrogen-bond acceptors (Lipinski definition) is 7. The predicted molar refractivity (Wildman–Crippen MR) is 165 cm³/mol. The van der Waals surface area contributed by atoms with Crippen LogP contribution in [-0.4, -0.2) is 41.4 Å². The van der Waals surface area contributed by atoms with Gasteiger partial charge in [0.05, 0.1) is 19.3 Å². The molecule has 2 atom stereocenters. The minimum absolute atomic E-state index is 0.00249. The Hall–Kier alpha value is -4.12. The summed E-state index contributed by atoms with van der Waals surface area (Å²) < 4.78 is 30.5. The van der Waals surface area contributed by atoms with Gasteiger partial charge in [0.2, 0.25) is 5.43 Å². The van der Waals surface area contributed by atoms with Crippen molar-refractivity contribution in [1.82, 2.24) is 9.58 Å². The zero-order valence-corrected chi connectivity index (χ0v) is 24.6. The van der Waals surface area contributed by atoms with Crippen molar-refractivity contribution >= 4 is 39.1 Å². The van der Waals surface area contributed by atoms with Gasteiger partial charge in [-0.2, -0.15) is 0 Å². The fourth-order valence-electron chi connectivity index (χ4n) is 6.36. The van der Waals surface area contributed by atoms with Crippen molar-refractivity contribution in [2.24, 2.45) is 0 Å². The first-order chi connectivity index (χ1) is 21.1. The molecule has 2 aromatic heterocycles. The average molecular weight is 612 g/mol. The summed E-state index contributed by atoms with van der Waals surface area (Å²) in [5.74, 6) is -0.0747. The van der Waals surface area contributed by atoms with Crippen LogP contribution in [0.2, 0.25) is 0 Å². The second kappa shape index (κ2) is 10.6. The first-order valence-electron chi connectivity index (χ1n) is 14.1.